The van der Waals surface area contributed by atoms with E-state index in [2.05, 4.69) is 15.5 Å². The van der Waals surface area contributed by atoms with Gasteiger partial charge in [-0.1, -0.05) is 23.5 Å². The van der Waals surface area contributed by atoms with E-state index in [1.807, 2.05) is 0 Å². The molecule has 116 valence electrons. The Balaban J connectivity index is 1.59. The minimum atomic E-state index is -0.450. The van der Waals surface area contributed by atoms with Crippen LogP contribution in [0.25, 0.3) is 0 Å². The first kappa shape index (κ1) is 14.9. The van der Waals surface area contributed by atoms with Crippen molar-refractivity contribution in [2.24, 2.45) is 0 Å². The number of urea groups is 1. The summed E-state index contributed by atoms with van der Waals surface area (Å²) in [6.45, 7) is 0.876. The van der Waals surface area contributed by atoms with Crippen LogP contribution in [0.2, 0.25) is 0 Å². The molecule has 1 aliphatic rings. The molecule has 0 radical (unpaired) electrons. The molecule has 0 aliphatic carbocycles. The quantitative estimate of drug-likeness (QED) is 0.904. The van der Waals surface area contributed by atoms with Gasteiger partial charge in [-0.15, -0.1) is 10.2 Å². The number of rotatable bonds is 3. The second-order valence-electron chi connectivity index (χ2n) is 5.12. The minimum Gasteiger partial charge on any atom is -0.391 e. The monoisotopic (exact) mass is 322 g/mol. The Morgan fingerprint density at radius 1 is 1.41 bits per heavy atom. The fourth-order valence-electron chi connectivity index (χ4n) is 2.25. The second kappa shape index (κ2) is 6.37. The molecule has 2 aromatic rings. The highest BCUT2D eigenvalue weighted by atomic mass is 32.1. The number of halogens is 1. The van der Waals surface area contributed by atoms with Crippen LogP contribution in [0.4, 0.5) is 14.3 Å². The van der Waals surface area contributed by atoms with Gasteiger partial charge in [0.2, 0.25) is 5.13 Å². The summed E-state index contributed by atoms with van der Waals surface area (Å²) < 4.78 is 12.9. The van der Waals surface area contributed by atoms with Gasteiger partial charge >= 0.3 is 6.03 Å². The van der Waals surface area contributed by atoms with Gasteiger partial charge in [0, 0.05) is 19.5 Å². The number of nitrogens with zero attached hydrogens (tertiary/aromatic N) is 3. The first-order valence-electron chi connectivity index (χ1n) is 6.91. The van der Waals surface area contributed by atoms with Crippen LogP contribution in [-0.4, -0.2) is 45.4 Å². The number of anilines is 1. The van der Waals surface area contributed by atoms with Gasteiger partial charge in [-0.05, 0) is 24.1 Å². The lowest BCUT2D eigenvalue weighted by molar-refractivity contribution is 0.176. The Labute approximate surface area is 130 Å². The molecule has 0 bridgehead atoms. The lowest BCUT2D eigenvalue weighted by atomic mass is 10.2. The molecular formula is C14H15FN4O2S. The summed E-state index contributed by atoms with van der Waals surface area (Å²) >= 11 is 1.28. The number of carbonyl (C=O) groups is 1. The molecule has 2 N–H and O–H groups in total. The number of benzene rings is 1. The maximum Gasteiger partial charge on any atom is 0.323 e. The third-order valence-electron chi connectivity index (χ3n) is 3.40. The number of nitrogens with one attached hydrogen (secondary N) is 1. The van der Waals surface area contributed by atoms with E-state index in [0.29, 0.717) is 31.1 Å². The van der Waals surface area contributed by atoms with Crippen molar-refractivity contribution >= 4 is 22.5 Å². The maximum absolute atomic E-state index is 12.9. The lowest BCUT2D eigenvalue weighted by Crippen LogP contribution is -2.33. The van der Waals surface area contributed by atoms with Gasteiger partial charge < -0.3 is 10.0 Å². The van der Waals surface area contributed by atoms with E-state index in [1.54, 1.807) is 17.0 Å². The van der Waals surface area contributed by atoms with Crippen LogP contribution in [0.3, 0.4) is 0 Å². The summed E-state index contributed by atoms with van der Waals surface area (Å²) in [5.41, 5.74) is 0.929. The van der Waals surface area contributed by atoms with Gasteiger partial charge in [0.05, 0.1) is 6.10 Å². The van der Waals surface area contributed by atoms with Crippen molar-refractivity contribution in [2.45, 2.75) is 18.9 Å². The van der Waals surface area contributed by atoms with Crippen molar-refractivity contribution in [3.05, 3.63) is 40.7 Å². The van der Waals surface area contributed by atoms with Gasteiger partial charge in [-0.2, -0.15) is 0 Å². The van der Waals surface area contributed by atoms with Gasteiger partial charge in [-0.3, -0.25) is 5.32 Å². The smallest absolute Gasteiger partial charge is 0.323 e. The van der Waals surface area contributed by atoms with E-state index in [0.717, 1.165) is 10.6 Å². The first-order chi connectivity index (χ1) is 10.6. The summed E-state index contributed by atoms with van der Waals surface area (Å²) in [7, 11) is 0. The summed E-state index contributed by atoms with van der Waals surface area (Å²) in [5, 5.41) is 21.2. The Hall–Kier alpha value is -2.06. The highest BCUT2D eigenvalue weighted by Crippen LogP contribution is 2.20. The molecular weight excluding hydrogens is 307 g/mol. The topological polar surface area (TPSA) is 78.4 Å². The Morgan fingerprint density at radius 3 is 2.86 bits per heavy atom. The predicted octanol–water partition coefficient (Wildman–Crippen LogP) is 1.87. The number of aliphatic hydroxyl groups is 1. The molecule has 1 atom stereocenters. The van der Waals surface area contributed by atoms with E-state index in [4.69, 9.17) is 0 Å². The fourth-order valence-corrected chi connectivity index (χ4v) is 3.01. The molecule has 0 unspecified atom stereocenters. The molecule has 2 heterocycles. The Bertz CT molecular complexity index is 661. The molecule has 8 heteroatoms. The fraction of sp³-hybridized carbons (Fsp3) is 0.357. The number of aromatic nitrogens is 2. The first-order valence-corrected chi connectivity index (χ1v) is 7.72. The third kappa shape index (κ3) is 3.58. The average Bonchev–Trinajstić information content (AvgIpc) is 3.11. The van der Waals surface area contributed by atoms with Crippen molar-refractivity contribution in [3.63, 3.8) is 0 Å². The maximum atomic E-state index is 12.9. The molecule has 1 aromatic carbocycles. The highest BCUT2D eigenvalue weighted by molar-refractivity contribution is 7.15. The van der Waals surface area contributed by atoms with Crippen molar-refractivity contribution in [1.82, 2.24) is 15.1 Å². The van der Waals surface area contributed by atoms with Crippen molar-refractivity contribution < 1.29 is 14.3 Å². The second-order valence-corrected chi connectivity index (χ2v) is 6.18. The SMILES string of the molecule is O=C(Nc1nnc(Cc2ccc(F)cc2)s1)N1CC[C@H](O)C1. The predicted molar refractivity (Wildman–Crippen MR) is 80.3 cm³/mol. The van der Waals surface area contributed by atoms with E-state index < -0.39 is 6.10 Å². The molecule has 1 saturated heterocycles. The van der Waals surface area contributed by atoms with Crippen molar-refractivity contribution in [2.75, 3.05) is 18.4 Å². The van der Waals surface area contributed by atoms with E-state index in [-0.39, 0.29) is 11.8 Å². The highest BCUT2D eigenvalue weighted by Gasteiger charge is 2.25. The van der Waals surface area contributed by atoms with Gasteiger partial charge in [-0.25, -0.2) is 9.18 Å². The molecule has 1 aliphatic heterocycles. The van der Waals surface area contributed by atoms with Gasteiger partial charge in [0.25, 0.3) is 0 Å². The number of carbonyl (C=O) groups excluding carboxylic acids is 1. The summed E-state index contributed by atoms with van der Waals surface area (Å²) in [6.07, 6.45) is 0.685. The van der Waals surface area contributed by atoms with Crippen molar-refractivity contribution in [1.29, 1.82) is 0 Å². The van der Waals surface area contributed by atoms with Crippen LogP contribution in [0, 0.1) is 5.82 Å². The molecule has 2 amide bonds. The van der Waals surface area contributed by atoms with Crippen LogP contribution in [-0.2, 0) is 6.42 Å². The molecule has 3 rings (SSSR count). The summed E-state index contributed by atoms with van der Waals surface area (Å²) in [6, 6.07) is 5.91. The zero-order chi connectivity index (χ0) is 15.5. The standard InChI is InChI=1S/C14H15FN4O2S/c15-10-3-1-9(2-4-10)7-12-17-18-13(22-12)16-14(21)19-6-5-11(20)8-19/h1-4,11,20H,5-8H2,(H,16,18,21)/t11-/m0/s1. The average molecular weight is 322 g/mol. The Morgan fingerprint density at radius 2 is 2.18 bits per heavy atom. The van der Waals surface area contributed by atoms with Crippen LogP contribution in [0.15, 0.2) is 24.3 Å². The van der Waals surface area contributed by atoms with Crippen LogP contribution in [0.1, 0.15) is 17.0 Å². The normalized spacial score (nSPS) is 17.7. The zero-order valence-electron chi connectivity index (χ0n) is 11.7. The zero-order valence-corrected chi connectivity index (χ0v) is 12.5. The van der Waals surface area contributed by atoms with Crippen molar-refractivity contribution in [3.8, 4) is 0 Å². The molecule has 0 spiro atoms. The third-order valence-corrected chi connectivity index (χ3v) is 4.24. The lowest BCUT2D eigenvalue weighted by Gasteiger charge is -2.14. The van der Waals surface area contributed by atoms with Crippen LogP contribution >= 0.6 is 11.3 Å². The number of hydrogen-bond donors (Lipinski definition) is 2. The van der Waals surface area contributed by atoms with Crippen LogP contribution < -0.4 is 5.32 Å². The van der Waals surface area contributed by atoms with E-state index in [9.17, 15) is 14.3 Å². The minimum absolute atomic E-state index is 0.276. The largest absolute Gasteiger partial charge is 0.391 e. The summed E-state index contributed by atoms with van der Waals surface area (Å²) in [5.74, 6) is -0.276. The molecule has 0 saturated carbocycles. The number of likely N-dealkylation sites (tertiary alicyclic amines) is 1. The van der Waals surface area contributed by atoms with Gasteiger partial charge in [0.15, 0.2) is 0 Å². The molecule has 1 fully saturated rings. The number of aliphatic hydroxyl groups excluding tert-OH is 1. The summed E-state index contributed by atoms with van der Waals surface area (Å²) in [4.78, 5) is 13.5. The number of amides is 2. The molecule has 22 heavy (non-hydrogen) atoms. The Kier molecular flexibility index (Phi) is 4.30. The van der Waals surface area contributed by atoms with Gasteiger partial charge in [0.1, 0.15) is 10.8 Å². The molecule has 1 aromatic heterocycles. The van der Waals surface area contributed by atoms with Crippen LogP contribution in [0.5, 0.6) is 0 Å². The van der Waals surface area contributed by atoms with E-state index in [1.165, 1.54) is 23.5 Å². The molecule has 6 nitrogen and oxygen atoms in total. The number of hydrogen-bond acceptors (Lipinski definition) is 5. The van der Waals surface area contributed by atoms with E-state index >= 15 is 0 Å². The number of β-amino-alcohol motifs (C(OH)–C–C–N with tert-alkyl or cyclic N) is 1.